The van der Waals surface area contributed by atoms with Gasteiger partial charge in [-0.05, 0) is 38.9 Å². The number of nitrogens with zero attached hydrogens (tertiary/aromatic N) is 5. The molecule has 1 aliphatic rings. The number of rotatable bonds is 10. The number of hydroxylamine groups is 2. The Morgan fingerprint density at radius 1 is 1.39 bits per heavy atom. The summed E-state index contributed by atoms with van der Waals surface area (Å²) >= 11 is 6.07. The third kappa shape index (κ3) is 6.47. The number of carbonyl (C=O) groups is 2. The van der Waals surface area contributed by atoms with E-state index in [0.717, 1.165) is 19.4 Å². The number of amides is 2. The molecule has 1 fully saturated rings. The lowest BCUT2D eigenvalue weighted by molar-refractivity contribution is -0.154. The van der Waals surface area contributed by atoms with E-state index in [-0.39, 0.29) is 48.4 Å². The normalized spacial score (nSPS) is 20.4. The number of likely N-dealkylation sites (N-methyl/N-ethyl adjacent to an activating group) is 1. The number of unbranched alkanes of at least 4 members (excludes halogenated alkanes) is 1. The third-order valence-corrected chi connectivity index (χ3v) is 6.13. The van der Waals surface area contributed by atoms with Crippen LogP contribution in [0, 0.1) is 11.7 Å². The van der Waals surface area contributed by atoms with Gasteiger partial charge in [0.15, 0.2) is 11.6 Å². The summed E-state index contributed by atoms with van der Waals surface area (Å²) in [5.74, 6) is -1.50. The average molecular weight is 459 g/mol. The Bertz CT molecular complexity index is 771. The van der Waals surface area contributed by atoms with Crippen molar-refractivity contribution in [1.82, 2.24) is 25.2 Å². The van der Waals surface area contributed by atoms with Crippen LogP contribution in [0.4, 0.5) is 10.2 Å². The van der Waals surface area contributed by atoms with Gasteiger partial charge in [-0.2, -0.15) is 4.98 Å². The van der Waals surface area contributed by atoms with Gasteiger partial charge in [0.05, 0.1) is 19.0 Å². The van der Waals surface area contributed by atoms with Crippen LogP contribution in [-0.2, 0) is 16.1 Å². The number of halogens is 2. The Balaban J connectivity index is 2.16. The molecule has 11 heteroatoms. The van der Waals surface area contributed by atoms with Crippen LogP contribution in [0.2, 0.25) is 5.28 Å². The number of anilines is 1. The highest BCUT2D eigenvalue weighted by Gasteiger charge is 2.32. The summed E-state index contributed by atoms with van der Waals surface area (Å²) in [7, 11) is 2.02. The van der Waals surface area contributed by atoms with Gasteiger partial charge in [0.1, 0.15) is 5.69 Å². The smallest absolute Gasteiger partial charge is 0.233 e. The van der Waals surface area contributed by atoms with E-state index >= 15 is 4.39 Å². The molecule has 3 atom stereocenters. The van der Waals surface area contributed by atoms with Crippen molar-refractivity contribution in [3.63, 3.8) is 0 Å². The molecule has 1 aromatic heterocycles. The van der Waals surface area contributed by atoms with Gasteiger partial charge in [0.2, 0.25) is 17.6 Å². The average Bonchev–Trinajstić information content (AvgIpc) is 2.75. The molecule has 174 valence electrons. The maximum Gasteiger partial charge on any atom is 0.233 e. The predicted molar refractivity (Wildman–Crippen MR) is 115 cm³/mol. The number of hydrogen-bond acceptors (Lipinski definition) is 7. The van der Waals surface area contributed by atoms with Crippen molar-refractivity contribution >= 4 is 29.7 Å². The number of aromatic nitrogens is 2. The summed E-state index contributed by atoms with van der Waals surface area (Å²) in [6, 6.07) is 0.211. The van der Waals surface area contributed by atoms with Crippen LogP contribution in [0.5, 0.6) is 0 Å². The zero-order valence-corrected chi connectivity index (χ0v) is 19.3. The fourth-order valence-corrected chi connectivity index (χ4v) is 3.88. The molecule has 1 aliphatic heterocycles. The van der Waals surface area contributed by atoms with Gasteiger partial charge < -0.3 is 10.2 Å². The maximum atomic E-state index is 15.3. The van der Waals surface area contributed by atoms with Gasteiger partial charge in [-0.3, -0.25) is 19.7 Å². The van der Waals surface area contributed by atoms with Crippen LogP contribution >= 0.6 is 11.6 Å². The van der Waals surface area contributed by atoms with E-state index in [2.05, 4.69) is 27.1 Å². The SMILES string of the molecule is CCCC[C@H](CN(O)C=O)C(=O)NCc1nc(Cl)nc(N2CCN(C)[C@H](C)[C@@H]2C)c1F. The lowest BCUT2D eigenvalue weighted by atomic mass is 10.0. The largest absolute Gasteiger partial charge is 0.350 e. The number of piperazine rings is 1. The molecular formula is C20H32ClFN6O3. The summed E-state index contributed by atoms with van der Waals surface area (Å²) in [5.41, 5.74) is -0.00684. The minimum atomic E-state index is -0.617. The fourth-order valence-electron chi connectivity index (χ4n) is 3.70. The van der Waals surface area contributed by atoms with Gasteiger partial charge >= 0.3 is 0 Å². The second-order valence-electron chi connectivity index (χ2n) is 8.02. The lowest BCUT2D eigenvalue weighted by Crippen LogP contribution is -2.56. The van der Waals surface area contributed by atoms with Gasteiger partial charge in [-0.25, -0.2) is 14.4 Å². The predicted octanol–water partition coefficient (Wildman–Crippen LogP) is 2.07. The summed E-state index contributed by atoms with van der Waals surface area (Å²) in [4.78, 5) is 35.5. The minimum absolute atomic E-state index is 0.00684. The lowest BCUT2D eigenvalue weighted by Gasteiger charge is -2.44. The first-order valence-corrected chi connectivity index (χ1v) is 10.9. The monoisotopic (exact) mass is 458 g/mol. The highest BCUT2D eigenvalue weighted by molar-refractivity contribution is 6.28. The molecule has 0 spiro atoms. The van der Waals surface area contributed by atoms with Crippen LogP contribution in [0.15, 0.2) is 0 Å². The molecule has 0 aliphatic carbocycles. The van der Waals surface area contributed by atoms with E-state index in [1.807, 2.05) is 25.8 Å². The first kappa shape index (κ1) is 25.2. The van der Waals surface area contributed by atoms with Crippen LogP contribution in [0.3, 0.4) is 0 Å². The molecule has 0 bridgehead atoms. The maximum absolute atomic E-state index is 15.3. The molecule has 2 rings (SSSR count). The Morgan fingerprint density at radius 2 is 2.10 bits per heavy atom. The van der Waals surface area contributed by atoms with Crippen LogP contribution in [0.1, 0.15) is 45.7 Å². The van der Waals surface area contributed by atoms with Crippen LogP contribution < -0.4 is 10.2 Å². The second-order valence-corrected chi connectivity index (χ2v) is 8.35. The standard InChI is InChI=1S/C20H32ClFN6O3/c1-5-6-7-15(11-27(31)12-29)19(30)23-10-16-17(22)18(25-20(21)24-16)28-9-8-26(4)13(2)14(28)3/h12-15,31H,5-11H2,1-4H3,(H,23,30)/t13-,14+,15-/m1/s1. The van der Waals surface area contributed by atoms with Crippen molar-refractivity contribution in [2.75, 3.05) is 31.6 Å². The van der Waals surface area contributed by atoms with Gasteiger partial charge in [-0.15, -0.1) is 0 Å². The highest BCUT2D eigenvalue weighted by Crippen LogP contribution is 2.27. The van der Waals surface area contributed by atoms with Crippen molar-refractivity contribution in [1.29, 1.82) is 0 Å². The summed E-state index contributed by atoms with van der Waals surface area (Å²) in [6.07, 6.45) is 2.35. The van der Waals surface area contributed by atoms with Crippen LogP contribution in [0.25, 0.3) is 0 Å². The number of nitrogens with one attached hydrogen (secondary N) is 1. The zero-order chi connectivity index (χ0) is 23.1. The van der Waals surface area contributed by atoms with Gasteiger partial charge in [0.25, 0.3) is 0 Å². The Hall–Kier alpha value is -2.04. The van der Waals surface area contributed by atoms with Crippen molar-refractivity contribution in [3.05, 3.63) is 16.8 Å². The quantitative estimate of drug-likeness (QED) is 0.239. The molecule has 0 aromatic carbocycles. The van der Waals surface area contributed by atoms with Crippen molar-refractivity contribution < 1.29 is 19.2 Å². The van der Waals surface area contributed by atoms with E-state index in [1.165, 1.54) is 0 Å². The van der Waals surface area contributed by atoms with E-state index < -0.39 is 17.6 Å². The Morgan fingerprint density at radius 3 is 2.74 bits per heavy atom. The summed E-state index contributed by atoms with van der Waals surface area (Å²) in [6.45, 7) is 7.09. The Kier molecular flexibility index (Phi) is 9.39. The molecule has 2 N–H and O–H groups in total. The van der Waals surface area contributed by atoms with E-state index in [9.17, 15) is 14.8 Å². The first-order valence-electron chi connectivity index (χ1n) is 10.6. The third-order valence-electron chi connectivity index (χ3n) is 5.96. The highest BCUT2D eigenvalue weighted by atomic mass is 35.5. The molecule has 0 radical (unpaired) electrons. The van der Waals surface area contributed by atoms with Gasteiger partial charge in [0, 0.05) is 25.2 Å². The van der Waals surface area contributed by atoms with Crippen molar-refractivity contribution in [2.45, 2.75) is 58.7 Å². The van der Waals surface area contributed by atoms with E-state index in [1.54, 1.807) is 0 Å². The van der Waals surface area contributed by atoms with E-state index in [4.69, 9.17) is 11.6 Å². The molecule has 1 aromatic rings. The van der Waals surface area contributed by atoms with Gasteiger partial charge in [-0.1, -0.05) is 19.8 Å². The molecule has 0 saturated carbocycles. The zero-order valence-electron chi connectivity index (χ0n) is 18.5. The van der Waals surface area contributed by atoms with Crippen molar-refractivity contribution in [3.8, 4) is 0 Å². The second kappa shape index (κ2) is 11.5. The molecular weight excluding hydrogens is 427 g/mol. The molecule has 31 heavy (non-hydrogen) atoms. The minimum Gasteiger partial charge on any atom is -0.350 e. The van der Waals surface area contributed by atoms with Crippen LogP contribution in [-0.4, -0.2) is 76.2 Å². The number of carbonyl (C=O) groups excluding carboxylic acids is 2. The molecule has 2 amide bonds. The van der Waals surface area contributed by atoms with E-state index in [0.29, 0.717) is 18.0 Å². The summed E-state index contributed by atoms with van der Waals surface area (Å²) < 4.78 is 15.3. The fraction of sp³-hybridized carbons (Fsp3) is 0.700. The molecule has 9 nitrogen and oxygen atoms in total. The first-order chi connectivity index (χ1) is 14.7. The summed E-state index contributed by atoms with van der Waals surface area (Å²) in [5, 5.41) is 12.5. The molecule has 0 unspecified atom stereocenters. The topological polar surface area (TPSA) is 102 Å². The van der Waals surface area contributed by atoms with Crippen molar-refractivity contribution in [2.24, 2.45) is 5.92 Å². The number of hydrogen-bond donors (Lipinski definition) is 2. The Labute approximate surface area is 187 Å². The molecule has 2 heterocycles. The molecule has 1 saturated heterocycles.